The highest BCUT2D eigenvalue weighted by Crippen LogP contribution is 1.96. The van der Waals surface area contributed by atoms with Crippen molar-refractivity contribution in [1.82, 2.24) is 5.32 Å². The van der Waals surface area contributed by atoms with E-state index in [0.717, 1.165) is 0 Å². The van der Waals surface area contributed by atoms with Gasteiger partial charge in [-0.25, -0.2) is 4.99 Å². The van der Waals surface area contributed by atoms with Crippen LogP contribution in [0.5, 0.6) is 0 Å². The van der Waals surface area contributed by atoms with Crippen LogP contribution in [0.2, 0.25) is 0 Å². The van der Waals surface area contributed by atoms with Crippen molar-refractivity contribution < 1.29 is 5.11 Å². The molecule has 0 unspecified atom stereocenters. The second kappa shape index (κ2) is 1.75. The van der Waals surface area contributed by atoms with Crippen LogP contribution >= 0.6 is 0 Å². The maximum Gasteiger partial charge on any atom is 0.232 e. The van der Waals surface area contributed by atoms with Crippen LogP contribution in [0.15, 0.2) is 17.3 Å². The van der Waals surface area contributed by atoms with Gasteiger partial charge in [-0.15, -0.1) is 0 Å². The molecule has 0 aliphatic carbocycles. The van der Waals surface area contributed by atoms with Gasteiger partial charge in [0, 0.05) is 6.20 Å². The number of aliphatic hydroxyl groups excluding tert-OH is 1. The van der Waals surface area contributed by atoms with E-state index in [1.165, 1.54) is 12.4 Å². The van der Waals surface area contributed by atoms with Crippen molar-refractivity contribution in [3.63, 3.8) is 0 Å². The second-order valence-electron chi connectivity index (χ2n) is 1.12. The highest BCUT2D eigenvalue weighted by atomic mass is 16.3. The third-order valence-corrected chi connectivity index (χ3v) is 0.600. The highest BCUT2D eigenvalue weighted by molar-refractivity contribution is 5.58. The smallest absolute Gasteiger partial charge is 0.232 e. The standard InChI is InChI=1S/C4H5N2O/c7-4-1-2-5-3-6-4/h1-3,7H,(H,5,6). The first kappa shape index (κ1) is 4.33. The molecule has 0 aromatic rings. The molecule has 3 heteroatoms. The van der Waals surface area contributed by atoms with E-state index in [9.17, 15) is 0 Å². The molecule has 1 aliphatic rings. The summed E-state index contributed by atoms with van der Waals surface area (Å²) >= 11 is 0. The minimum atomic E-state index is 0.0405. The molecule has 0 atom stereocenters. The molecule has 0 spiro atoms. The Kier molecular flexibility index (Phi) is 1.08. The molecule has 0 aromatic heterocycles. The molecule has 0 saturated heterocycles. The summed E-state index contributed by atoms with van der Waals surface area (Å²) < 4.78 is 0. The number of nitrogens with zero attached hydrogens (tertiary/aromatic N) is 1. The van der Waals surface area contributed by atoms with Gasteiger partial charge in [0.1, 0.15) is 0 Å². The molecule has 0 saturated carbocycles. The Hall–Kier alpha value is -0.830. The third kappa shape index (κ3) is 1.01. The number of rotatable bonds is 0. The molecular formula is C4H5N2O. The van der Waals surface area contributed by atoms with E-state index in [2.05, 4.69) is 10.3 Å². The van der Waals surface area contributed by atoms with Crippen LogP contribution in [0.4, 0.5) is 0 Å². The Morgan fingerprint density at radius 1 is 1.71 bits per heavy atom. The van der Waals surface area contributed by atoms with Crippen molar-refractivity contribution in [1.29, 1.82) is 0 Å². The Morgan fingerprint density at radius 3 is 2.86 bits per heavy atom. The summed E-state index contributed by atoms with van der Waals surface area (Å²) in [7, 11) is 0. The van der Waals surface area contributed by atoms with Gasteiger partial charge < -0.3 is 10.4 Å². The van der Waals surface area contributed by atoms with Crippen molar-refractivity contribution in [3.05, 3.63) is 18.5 Å². The molecule has 3 nitrogen and oxygen atoms in total. The van der Waals surface area contributed by atoms with Gasteiger partial charge in [-0.2, -0.15) is 0 Å². The van der Waals surface area contributed by atoms with Crippen LogP contribution in [0.3, 0.4) is 0 Å². The summed E-state index contributed by atoms with van der Waals surface area (Å²) in [4.78, 5) is 3.48. The maximum atomic E-state index is 8.50. The minimum absolute atomic E-state index is 0.0405. The molecule has 0 amide bonds. The molecule has 1 aliphatic heterocycles. The fraction of sp³-hybridized carbons (Fsp3) is 0. The monoisotopic (exact) mass is 97.0 g/mol. The van der Waals surface area contributed by atoms with Crippen molar-refractivity contribution in [2.75, 3.05) is 0 Å². The van der Waals surface area contributed by atoms with Crippen molar-refractivity contribution in [2.45, 2.75) is 0 Å². The van der Waals surface area contributed by atoms with Crippen LogP contribution in [0.25, 0.3) is 0 Å². The first-order valence-corrected chi connectivity index (χ1v) is 1.90. The maximum absolute atomic E-state index is 8.50. The van der Waals surface area contributed by atoms with E-state index in [-0.39, 0.29) is 6.23 Å². The molecule has 0 bridgehead atoms. The fourth-order valence-corrected chi connectivity index (χ4v) is 0.312. The number of hydrogen-bond donors (Lipinski definition) is 2. The van der Waals surface area contributed by atoms with Crippen LogP contribution in [-0.4, -0.2) is 11.4 Å². The molecule has 1 radical (unpaired) electrons. The summed E-state index contributed by atoms with van der Waals surface area (Å²) in [6.07, 6.45) is 4.52. The largest absolute Gasteiger partial charge is 0.362 e. The Labute approximate surface area is 41.4 Å². The average Bonchev–Trinajstić information content (AvgIpc) is 1.69. The zero-order valence-corrected chi connectivity index (χ0v) is 3.63. The summed E-state index contributed by atoms with van der Waals surface area (Å²) in [6, 6.07) is 0. The van der Waals surface area contributed by atoms with Gasteiger partial charge in [-0.1, -0.05) is 0 Å². The van der Waals surface area contributed by atoms with Crippen LogP contribution < -0.4 is 5.32 Å². The Balaban J connectivity index is 2.49. The zero-order chi connectivity index (χ0) is 5.11. The summed E-state index contributed by atoms with van der Waals surface area (Å²) in [5.74, 6) is 0. The van der Waals surface area contributed by atoms with Gasteiger partial charge in [0.2, 0.25) is 6.23 Å². The molecule has 1 rings (SSSR count). The number of aliphatic hydroxyl groups is 1. The summed E-state index contributed by atoms with van der Waals surface area (Å²) in [6.45, 7) is 0. The van der Waals surface area contributed by atoms with Crippen LogP contribution in [0.1, 0.15) is 0 Å². The van der Waals surface area contributed by atoms with Gasteiger partial charge in [0.25, 0.3) is 0 Å². The zero-order valence-electron chi connectivity index (χ0n) is 3.63. The van der Waals surface area contributed by atoms with E-state index < -0.39 is 0 Å². The predicted octanol–water partition coefficient (Wildman–Crippen LogP) is -0.00641. The van der Waals surface area contributed by atoms with Crippen molar-refractivity contribution in [3.8, 4) is 0 Å². The first-order chi connectivity index (χ1) is 3.39. The average molecular weight is 97.1 g/mol. The lowest BCUT2D eigenvalue weighted by atomic mass is 10.5. The van der Waals surface area contributed by atoms with E-state index in [1.807, 2.05) is 0 Å². The lowest BCUT2D eigenvalue weighted by molar-refractivity contribution is 0.337. The van der Waals surface area contributed by atoms with Crippen molar-refractivity contribution in [2.24, 2.45) is 4.99 Å². The lowest BCUT2D eigenvalue weighted by Crippen LogP contribution is -2.07. The Bertz CT molecular complexity index is 96.3. The minimum Gasteiger partial charge on any atom is -0.362 e. The predicted molar refractivity (Wildman–Crippen MR) is 25.9 cm³/mol. The molecule has 2 N–H and O–H groups in total. The molecule has 0 fully saturated rings. The summed E-state index contributed by atoms with van der Waals surface area (Å²) in [5, 5.41) is 11.2. The van der Waals surface area contributed by atoms with Crippen molar-refractivity contribution >= 4 is 6.34 Å². The lowest BCUT2D eigenvalue weighted by Gasteiger charge is -1.99. The molecule has 1 heterocycles. The fourth-order valence-electron chi connectivity index (χ4n) is 0.312. The SMILES string of the molecule is O[C]1C=CNC=N1. The van der Waals surface area contributed by atoms with E-state index in [0.29, 0.717) is 0 Å². The second-order valence-corrected chi connectivity index (χ2v) is 1.12. The van der Waals surface area contributed by atoms with E-state index >= 15 is 0 Å². The number of nitrogens with one attached hydrogen (secondary N) is 1. The molecule has 0 aromatic carbocycles. The van der Waals surface area contributed by atoms with Gasteiger partial charge >= 0.3 is 0 Å². The molecule has 37 valence electrons. The number of hydrogen-bond acceptors (Lipinski definition) is 3. The van der Waals surface area contributed by atoms with E-state index in [4.69, 9.17) is 5.11 Å². The Morgan fingerprint density at radius 2 is 2.57 bits per heavy atom. The highest BCUT2D eigenvalue weighted by Gasteiger charge is 1.95. The van der Waals surface area contributed by atoms with Gasteiger partial charge in [-0.05, 0) is 6.08 Å². The van der Waals surface area contributed by atoms with Crippen LogP contribution in [-0.2, 0) is 0 Å². The van der Waals surface area contributed by atoms with Crippen LogP contribution in [0, 0.1) is 6.23 Å². The molecular weight excluding hydrogens is 92.1 g/mol. The molecule has 7 heavy (non-hydrogen) atoms. The first-order valence-electron chi connectivity index (χ1n) is 1.90. The topological polar surface area (TPSA) is 44.6 Å². The van der Waals surface area contributed by atoms with E-state index in [1.54, 1.807) is 6.20 Å². The van der Waals surface area contributed by atoms with Gasteiger partial charge in [0.15, 0.2) is 0 Å². The van der Waals surface area contributed by atoms with Gasteiger partial charge in [0.05, 0.1) is 6.34 Å². The quantitative estimate of drug-likeness (QED) is 0.446. The third-order valence-electron chi connectivity index (χ3n) is 0.600. The van der Waals surface area contributed by atoms with Gasteiger partial charge in [-0.3, -0.25) is 0 Å². The normalized spacial score (nSPS) is 19.6. The number of aliphatic imine (C=N–C) groups is 1. The summed E-state index contributed by atoms with van der Waals surface area (Å²) in [5.41, 5.74) is 0.